The van der Waals surface area contributed by atoms with Crippen molar-refractivity contribution in [3.8, 4) is 11.1 Å². The van der Waals surface area contributed by atoms with Gasteiger partial charge in [-0.2, -0.15) is 0 Å². The zero-order valence-electron chi connectivity index (χ0n) is 17.2. The summed E-state index contributed by atoms with van der Waals surface area (Å²) >= 11 is 0. The number of benzene rings is 2. The Kier molecular flexibility index (Phi) is 7.55. The lowest BCUT2D eigenvalue weighted by atomic mass is 9.98. The second-order valence-corrected chi connectivity index (χ2v) is 7.40. The first-order valence-corrected chi connectivity index (χ1v) is 10.6. The highest BCUT2D eigenvalue weighted by atomic mass is 16.5. The van der Waals surface area contributed by atoms with Gasteiger partial charge in [-0.15, -0.1) is 0 Å². The van der Waals surface area contributed by atoms with Gasteiger partial charge in [0.2, 0.25) is 0 Å². The molecule has 1 atom stereocenters. The van der Waals surface area contributed by atoms with Crippen molar-refractivity contribution in [3.63, 3.8) is 0 Å². The van der Waals surface area contributed by atoms with Crippen molar-refractivity contribution in [2.45, 2.75) is 51.6 Å². The van der Waals surface area contributed by atoms with Gasteiger partial charge in [-0.05, 0) is 55.0 Å². The average molecular weight is 380 g/mol. The zero-order valence-corrected chi connectivity index (χ0v) is 17.2. The molecule has 0 saturated carbocycles. The summed E-state index contributed by atoms with van der Waals surface area (Å²) in [5.74, 6) is 0.920. The lowest BCUT2D eigenvalue weighted by Gasteiger charge is -2.18. The number of rotatable bonds is 12. The number of fused-ring (bicyclic) bond motifs is 3. The molecule has 150 valence electrons. The van der Waals surface area contributed by atoms with E-state index in [-0.39, 0.29) is 5.92 Å². The molecule has 0 radical (unpaired) electrons. The fourth-order valence-corrected chi connectivity index (χ4v) is 4.10. The van der Waals surface area contributed by atoms with Crippen molar-refractivity contribution in [2.24, 2.45) is 0 Å². The minimum atomic E-state index is 0.262. The summed E-state index contributed by atoms with van der Waals surface area (Å²) in [5, 5.41) is 3.32. The fourth-order valence-electron chi connectivity index (χ4n) is 4.10. The topological polar surface area (TPSA) is 30.5 Å². The van der Waals surface area contributed by atoms with Crippen LogP contribution in [0.2, 0.25) is 0 Å². The summed E-state index contributed by atoms with van der Waals surface area (Å²) in [4.78, 5) is 0. The Hall–Kier alpha value is -2.26. The molecule has 0 fully saturated rings. The molecule has 0 aromatic heterocycles. The molecule has 28 heavy (non-hydrogen) atoms. The third kappa shape index (κ3) is 4.96. The van der Waals surface area contributed by atoms with Gasteiger partial charge in [0.25, 0.3) is 0 Å². The Morgan fingerprint density at radius 1 is 1.00 bits per heavy atom. The van der Waals surface area contributed by atoms with Gasteiger partial charge in [0.15, 0.2) is 5.88 Å². The van der Waals surface area contributed by atoms with E-state index >= 15 is 0 Å². The molecule has 0 aliphatic heterocycles. The lowest BCUT2D eigenvalue weighted by molar-refractivity contribution is 0.0487. The highest BCUT2D eigenvalue weighted by Gasteiger charge is 2.28. The van der Waals surface area contributed by atoms with Crippen molar-refractivity contribution >= 4 is 0 Å². The van der Waals surface area contributed by atoms with Crippen LogP contribution >= 0.6 is 0 Å². The first-order chi connectivity index (χ1) is 13.7. The molecule has 1 N–H and O–H groups in total. The Morgan fingerprint density at radius 3 is 2.25 bits per heavy atom. The van der Waals surface area contributed by atoms with E-state index in [1.165, 1.54) is 22.3 Å². The van der Waals surface area contributed by atoms with Crippen LogP contribution in [0, 0.1) is 0 Å². The fraction of sp³-hybridized carbons (Fsp3) is 0.440. The molecule has 0 bridgehead atoms. The SMILES string of the molecule is C=C(NCCCC(CCC)OCC)OCC1c2ccccc2-c2ccccc21. The number of hydrogen-bond donors (Lipinski definition) is 1. The third-order valence-corrected chi connectivity index (χ3v) is 5.42. The van der Waals surface area contributed by atoms with Crippen LogP contribution in [0.1, 0.15) is 56.6 Å². The Bertz CT molecular complexity index is 719. The minimum absolute atomic E-state index is 0.262. The molecule has 3 nitrogen and oxygen atoms in total. The second-order valence-electron chi connectivity index (χ2n) is 7.40. The third-order valence-electron chi connectivity index (χ3n) is 5.42. The van der Waals surface area contributed by atoms with Crippen LogP contribution in [0.3, 0.4) is 0 Å². The molecule has 1 aliphatic rings. The maximum absolute atomic E-state index is 6.00. The summed E-state index contributed by atoms with van der Waals surface area (Å²) in [5.41, 5.74) is 5.33. The molecule has 0 heterocycles. The van der Waals surface area contributed by atoms with Gasteiger partial charge < -0.3 is 14.8 Å². The van der Waals surface area contributed by atoms with Gasteiger partial charge in [-0.25, -0.2) is 0 Å². The number of hydrogen-bond acceptors (Lipinski definition) is 3. The van der Waals surface area contributed by atoms with E-state index in [1.54, 1.807) is 0 Å². The van der Waals surface area contributed by atoms with E-state index < -0.39 is 0 Å². The standard InChI is InChI=1S/C25H33NO2/c1-4-11-20(27-5-2)12-10-17-26-19(3)28-18-25-23-15-8-6-13-21(23)22-14-7-9-16-24(22)25/h6-9,13-16,20,25-26H,3-5,10-12,17-18H2,1-2H3. The van der Waals surface area contributed by atoms with Crippen molar-refractivity contribution in [1.82, 2.24) is 5.32 Å². The second kappa shape index (κ2) is 10.3. The molecule has 0 spiro atoms. The first kappa shape index (κ1) is 20.5. The summed E-state index contributed by atoms with van der Waals surface area (Å²) in [6.45, 7) is 10.6. The van der Waals surface area contributed by atoms with Crippen LogP contribution in [0.25, 0.3) is 11.1 Å². The van der Waals surface area contributed by atoms with Crippen LogP contribution < -0.4 is 5.32 Å². The van der Waals surface area contributed by atoms with Gasteiger partial charge >= 0.3 is 0 Å². The predicted molar refractivity (Wildman–Crippen MR) is 116 cm³/mol. The van der Waals surface area contributed by atoms with Gasteiger partial charge in [-0.1, -0.05) is 61.9 Å². The van der Waals surface area contributed by atoms with E-state index in [1.807, 2.05) is 0 Å². The molecule has 1 aliphatic carbocycles. The summed E-state index contributed by atoms with van der Waals surface area (Å²) in [6.07, 6.45) is 4.80. The smallest absolute Gasteiger partial charge is 0.179 e. The molecular weight excluding hydrogens is 346 g/mol. The van der Waals surface area contributed by atoms with E-state index in [9.17, 15) is 0 Å². The Morgan fingerprint density at radius 2 is 1.64 bits per heavy atom. The van der Waals surface area contributed by atoms with E-state index in [0.29, 0.717) is 18.6 Å². The average Bonchev–Trinajstić information content (AvgIpc) is 3.04. The molecule has 3 rings (SSSR count). The Labute approximate surface area is 169 Å². The van der Waals surface area contributed by atoms with E-state index in [4.69, 9.17) is 9.47 Å². The summed E-state index contributed by atoms with van der Waals surface area (Å²) in [7, 11) is 0. The van der Waals surface area contributed by atoms with Crippen LogP contribution in [0.5, 0.6) is 0 Å². The number of nitrogens with one attached hydrogen (secondary N) is 1. The van der Waals surface area contributed by atoms with Gasteiger partial charge in [0.1, 0.15) is 6.61 Å². The summed E-state index contributed by atoms with van der Waals surface area (Å²) in [6, 6.07) is 17.2. The molecule has 3 heteroatoms. The van der Waals surface area contributed by atoms with Crippen LogP contribution in [-0.2, 0) is 9.47 Å². The summed E-state index contributed by atoms with van der Waals surface area (Å²) < 4.78 is 11.8. The predicted octanol–water partition coefficient (Wildman–Crippen LogP) is 5.86. The maximum Gasteiger partial charge on any atom is 0.179 e. The first-order valence-electron chi connectivity index (χ1n) is 10.6. The van der Waals surface area contributed by atoms with E-state index in [2.05, 4.69) is 74.3 Å². The van der Waals surface area contributed by atoms with E-state index in [0.717, 1.165) is 38.8 Å². The molecule has 0 saturated heterocycles. The Balaban J connectivity index is 1.47. The molecule has 1 unspecified atom stereocenters. The molecule has 2 aromatic carbocycles. The van der Waals surface area contributed by atoms with Crippen molar-refractivity contribution < 1.29 is 9.47 Å². The normalized spacial score (nSPS) is 13.6. The van der Waals surface area contributed by atoms with Crippen molar-refractivity contribution in [1.29, 1.82) is 0 Å². The van der Waals surface area contributed by atoms with Gasteiger partial charge in [0.05, 0.1) is 6.10 Å². The van der Waals surface area contributed by atoms with Crippen molar-refractivity contribution in [2.75, 3.05) is 19.8 Å². The zero-order chi connectivity index (χ0) is 19.8. The largest absolute Gasteiger partial charge is 0.479 e. The number of ether oxygens (including phenoxy) is 2. The minimum Gasteiger partial charge on any atom is -0.479 e. The van der Waals surface area contributed by atoms with Crippen LogP contribution in [0.4, 0.5) is 0 Å². The van der Waals surface area contributed by atoms with Crippen molar-refractivity contribution in [3.05, 3.63) is 72.1 Å². The highest BCUT2D eigenvalue weighted by molar-refractivity contribution is 5.78. The van der Waals surface area contributed by atoms with Gasteiger partial charge in [0, 0.05) is 19.1 Å². The van der Waals surface area contributed by atoms with Crippen LogP contribution in [0.15, 0.2) is 61.0 Å². The monoisotopic (exact) mass is 379 g/mol. The quantitative estimate of drug-likeness (QED) is 0.370. The molecular formula is C25H33NO2. The maximum atomic E-state index is 6.00. The lowest BCUT2D eigenvalue weighted by Crippen LogP contribution is -2.21. The van der Waals surface area contributed by atoms with Gasteiger partial charge in [-0.3, -0.25) is 0 Å². The highest BCUT2D eigenvalue weighted by Crippen LogP contribution is 2.44. The van der Waals surface area contributed by atoms with Crippen LogP contribution in [-0.4, -0.2) is 25.9 Å². The molecule has 2 aromatic rings. The molecule has 0 amide bonds.